The maximum Gasteiger partial charge on any atom is 0.292 e. The Morgan fingerprint density at radius 3 is 2.68 bits per heavy atom. The fraction of sp³-hybridized carbons (Fsp3) is 0.286. The number of benzene rings is 1. The van der Waals surface area contributed by atoms with Crippen molar-refractivity contribution in [3.63, 3.8) is 0 Å². The van der Waals surface area contributed by atoms with Crippen LogP contribution in [0.25, 0.3) is 11.1 Å². The number of likely N-dealkylation sites (tertiary alicyclic amines) is 1. The summed E-state index contributed by atoms with van der Waals surface area (Å²) < 4.78 is 4.99. The number of hydrogen-bond donors (Lipinski definition) is 1. The van der Waals surface area contributed by atoms with Crippen molar-refractivity contribution in [1.82, 2.24) is 15.4 Å². The Bertz CT molecular complexity index is 951. The number of nitrogens with one attached hydrogen (secondary N) is 1. The number of nitrogens with zero attached hydrogens (tertiary/aromatic N) is 2. The summed E-state index contributed by atoms with van der Waals surface area (Å²) >= 11 is 1.67. The molecule has 0 radical (unpaired) electrons. The number of carbonyl (C=O) groups excluding carboxylic acids is 2. The van der Waals surface area contributed by atoms with E-state index in [1.54, 1.807) is 29.4 Å². The van der Waals surface area contributed by atoms with Gasteiger partial charge in [0.1, 0.15) is 0 Å². The second-order valence-electron chi connectivity index (χ2n) is 7.10. The Labute approximate surface area is 167 Å². The van der Waals surface area contributed by atoms with Crippen molar-refractivity contribution >= 4 is 23.2 Å². The molecule has 144 valence electrons. The van der Waals surface area contributed by atoms with Gasteiger partial charge >= 0.3 is 0 Å². The van der Waals surface area contributed by atoms with Gasteiger partial charge in [-0.3, -0.25) is 9.59 Å². The predicted molar refractivity (Wildman–Crippen MR) is 107 cm³/mol. The molecule has 3 aromatic rings. The monoisotopic (exact) mass is 395 g/mol. The molecule has 3 heterocycles. The molecule has 0 spiro atoms. The summed E-state index contributed by atoms with van der Waals surface area (Å²) in [6, 6.07) is 11.9. The minimum atomic E-state index is -0.645. The van der Waals surface area contributed by atoms with Gasteiger partial charge in [-0.05, 0) is 46.4 Å². The summed E-state index contributed by atoms with van der Waals surface area (Å²) in [4.78, 5) is 27.0. The predicted octanol–water partition coefficient (Wildman–Crippen LogP) is 3.22. The Balaban J connectivity index is 1.54. The van der Waals surface area contributed by atoms with Crippen LogP contribution in [0.1, 0.15) is 22.5 Å². The van der Waals surface area contributed by atoms with Gasteiger partial charge in [-0.2, -0.15) is 11.3 Å². The van der Waals surface area contributed by atoms with Gasteiger partial charge in [-0.1, -0.05) is 29.4 Å². The van der Waals surface area contributed by atoms with Crippen molar-refractivity contribution in [2.45, 2.75) is 12.8 Å². The van der Waals surface area contributed by atoms with E-state index in [9.17, 15) is 9.59 Å². The summed E-state index contributed by atoms with van der Waals surface area (Å²) in [5.74, 6) is -0.0637. The number of thiophene rings is 1. The topological polar surface area (TPSA) is 75.4 Å². The highest BCUT2D eigenvalue weighted by molar-refractivity contribution is 7.08. The minimum Gasteiger partial charge on any atom is -0.359 e. The van der Waals surface area contributed by atoms with E-state index in [1.807, 2.05) is 0 Å². The van der Waals surface area contributed by atoms with Crippen LogP contribution < -0.4 is 5.32 Å². The van der Waals surface area contributed by atoms with E-state index < -0.39 is 5.41 Å². The Hall–Kier alpha value is -2.93. The van der Waals surface area contributed by atoms with Crippen molar-refractivity contribution < 1.29 is 14.1 Å². The van der Waals surface area contributed by atoms with E-state index in [-0.39, 0.29) is 17.6 Å². The fourth-order valence-electron chi connectivity index (χ4n) is 3.84. The average Bonchev–Trinajstić information content (AvgIpc) is 3.49. The molecule has 1 aliphatic rings. The third kappa shape index (κ3) is 3.45. The first kappa shape index (κ1) is 18.4. The molecule has 7 heteroatoms. The molecule has 1 aliphatic heterocycles. The van der Waals surface area contributed by atoms with Crippen LogP contribution in [0.15, 0.2) is 57.9 Å². The smallest absolute Gasteiger partial charge is 0.292 e. The zero-order chi connectivity index (χ0) is 19.6. The van der Waals surface area contributed by atoms with E-state index in [0.29, 0.717) is 25.9 Å². The van der Waals surface area contributed by atoms with Crippen molar-refractivity contribution in [3.05, 3.63) is 64.7 Å². The number of carbonyl (C=O) groups is 2. The van der Waals surface area contributed by atoms with Crippen molar-refractivity contribution in [2.24, 2.45) is 5.41 Å². The quantitative estimate of drug-likeness (QED) is 0.720. The normalized spacial score (nSPS) is 19.0. The summed E-state index contributed by atoms with van der Waals surface area (Å²) in [5, 5.41) is 10.6. The van der Waals surface area contributed by atoms with Gasteiger partial charge in [0.05, 0.1) is 11.6 Å². The maximum absolute atomic E-state index is 12.8. The Morgan fingerprint density at radius 2 is 2.04 bits per heavy atom. The third-order valence-corrected chi connectivity index (χ3v) is 6.03. The van der Waals surface area contributed by atoms with Gasteiger partial charge in [-0.25, -0.2) is 0 Å². The first-order chi connectivity index (χ1) is 13.6. The average molecular weight is 395 g/mol. The van der Waals surface area contributed by atoms with E-state index in [0.717, 1.165) is 11.1 Å². The van der Waals surface area contributed by atoms with E-state index in [1.165, 1.54) is 11.8 Å². The standard InChI is InChI=1S/C21H21N3O3S/c1-22-20(26)21(8-10-24(14-21)19(25)18-6-9-23-27-18)12-15-2-4-16(5-3-15)17-7-11-28-13-17/h2-7,9,11,13H,8,10,12,14H2,1H3,(H,22,26)/t21-/m1/s1. The lowest BCUT2D eigenvalue weighted by molar-refractivity contribution is -0.129. The number of rotatable bonds is 5. The molecular weight excluding hydrogens is 374 g/mol. The van der Waals surface area contributed by atoms with Gasteiger partial charge in [-0.15, -0.1) is 0 Å². The molecule has 1 saturated heterocycles. The minimum absolute atomic E-state index is 0.0396. The third-order valence-electron chi connectivity index (χ3n) is 5.35. The van der Waals surface area contributed by atoms with Gasteiger partial charge < -0.3 is 14.7 Å². The molecule has 4 rings (SSSR count). The molecule has 0 aliphatic carbocycles. The first-order valence-electron chi connectivity index (χ1n) is 9.15. The molecule has 0 bridgehead atoms. The van der Waals surface area contributed by atoms with Crippen molar-refractivity contribution in [1.29, 1.82) is 0 Å². The second kappa shape index (κ2) is 7.59. The number of amides is 2. The van der Waals surface area contributed by atoms with Crippen LogP contribution in [0.5, 0.6) is 0 Å². The highest BCUT2D eigenvalue weighted by Gasteiger charge is 2.46. The Morgan fingerprint density at radius 1 is 1.21 bits per heavy atom. The molecule has 2 aromatic heterocycles. The van der Waals surface area contributed by atoms with Crippen LogP contribution in [0, 0.1) is 5.41 Å². The molecule has 1 N–H and O–H groups in total. The summed E-state index contributed by atoms with van der Waals surface area (Å²) in [7, 11) is 1.64. The summed E-state index contributed by atoms with van der Waals surface area (Å²) in [5.41, 5.74) is 2.79. The van der Waals surface area contributed by atoms with Crippen LogP contribution in [-0.4, -0.2) is 42.0 Å². The number of aromatic nitrogens is 1. The number of hydrogen-bond acceptors (Lipinski definition) is 5. The molecule has 1 atom stereocenters. The zero-order valence-corrected chi connectivity index (χ0v) is 16.4. The zero-order valence-electron chi connectivity index (χ0n) is 15.6. The first-order valence-corrected chi connectivity index (χ1v) is 10.1. The van der Waals surface area contributed by atoms with Crippen molar-refractivity contribution in [3.8, 4) is 11.1 Å². The second-order valence-corrected chi connectivity index (χ2v) is 7.88. The van der Waals surface area contributed by atoms with Gasteiger partial charge in [0.25, 0.3) is 5.91 Å². The van der Waals surface area contributed by atoms with Crippen LogP contribution >= 0.6 is 11.3 Å². The fourth-order valence-corrected chi connectivity index (χ4v) is 4.50. The molecule has 6 nitrogen and oxygen atoms in total. The largest absolute Gasteiger partial charge is 0.359 e. The lowest BCUT2D eigenvalue weighted by atomic mass is 9.79. The summed E-state index contributed by atoms with van der Waals surface area (Å²) in [6.45, 7) is 0.873. The van der Waals surface area contributed by atoms with E-state index in [2.05, 4.69) is 51.6 Å². The molecule has 1 aromatic carbocycles. The van der Waals surface area contributed by atoms with Gasteiger partial charge in [0.2, 0.25) is 11.7 Å². The molecule has 0 saturated carbocycles. The van der Waals surface area contributed by atoms with Crippen LogP contribution in [0.4, 0.5) is 0 Å². The molecule has 2 amide bonds. The highest BCUT2D eigenvalue weighted by Crippen LogP contribution is 2.36. The maximum atomic E-state index is 12.8. The molecule has 1 fully saturated rings. The van der Waals surface area contributed by atoms with E-state index >= 15 is 0 Å². The van der Waals surface area contributed by atoms with Crippen molar-refractivity contribution in [2.75, 3.05) is 20.1 Å². The van der Waals surface area contributed by atoms with Crippen LogP contribution in [0.2, 0.25) is 0 Å². The lowest BCUT2D eigenvalue weighted by Crippen LogP contribution is -2.44. The van der Waals surface area contributed by atoms with Crippen LogP contribution in [0.3, 0.4) is 0 Å². The van der Waals surface area contributed by atoms with Gasteiger partial charge in [0.15, 0.2) is 0 Å². The lowest BCUT2D eigenvalue weighted by Gasteiger charge is -2.27. The SMILES string of the molecule is CNC(=O)[C@@]1(Cc2ccc(-c3ccsc3)cc2)CCN(C(=O)c2ccno2)C1. The summed E-state index contributed by atoms with van der Waals surface area (Å²) in [6.07, 6.45) is 2.64. The van der Waals surface area contributed by atoms with Gasteiger partial charge in [0, 0.05) is 26.2 Å². The molecular formula is C21H21N3O3S. The highest BCUT2D eigenvalue weighted by atomic mass is 32.1. The van der Waals surface area contributed by atoms with E-state index in [4.69, 9.17) is 4.52 Å². The Kier molecular flexibility index (Phi) is 5.00. The van der Waals surface area contributed by atoms with Crippen LogP contribution in [-0.2, 0) is 11.2 Å². The molecule has 0 unspecified atom stereocenters. The molecule has 28 heavy (non-hydrogen) atoms.